The van der Waals surface area contributed by atoms with Gasteiger partial charge in [-0.2, -0.15) is 0 Å². The molecule has 2 N–H and O–H groups in total. The first kappa shape index (κ1) is 11.5. The Kier molecular flexibility index (Phi) is 4.38. The Bertz CT molecular complexity index is 299. The van der Waals surface area contributed by atoms with Crippen LogP contribution in [0.4, 0.5) is 0 Å². The molecule has 0 aromatic heterocycles. The first-order valence-corrected chi connectivity index (χ1v) is 5.15. The Morgan fingerprint density at radius 1 is 1.50 bits per heavy atom. The van der Waals surface area contributed by atoms with Gasteiger partial charge in [0.2, 0.25) is 0 Å². The van der Waals surface area contributed by atoms with Gasteiger partial charge in [0.25, 0.3) is 0 Å². The number of ether oxygens (including phenoxy) is 1. The first-order chi connectivity index (χ1) is 6.65. The number of benzene rings is 1. The van der Waals surface area contributed by atoms with Gasteiger partial charge in [-0.15, -0.1) is 0 Å². The zero-order valence-corrected chi connectivity index (χ0v) is 9.49. The molecule has 0 aliphatic heterocycles. The van der Waals surface area contributed by atoms with E-state index in [1.54, 1.807) is 19.1 Å². The van der Waals surface area contributed by atoms with Gasteiger partial charge in [-0.25, -0.2) is 0 Å². The number of aliphatic hydroxyl groups excluding tert-OH is 2. The average Bonchev–Trinajstić information content (AvgIpc) is 2.14. The lowest BCUT2D eigenvalue weighted by atomic mass is 10.1. The summed E-state index contributed by atoms with van der Waals surface area (Å²) in [4.78, 5) is 0. The van der Waals surface area contributed by atoms with Gasteiger partial charge in [-0.05, 0) is 19.1 Å². The first-order valence-electron chi connectivity index (χ1n) is 4.36. The topological polar surface area (TPSA) is 49.7 Å². The van der Waals surface area contributed by atoms with Crippen LogP contribution in [0.3, 0.4) is 0 Å². The van der Waals surface area contributed by atoms with Gasteiger partial charge < -0.3 is 14.9 Å². The molecule has 1 aromatic rings. The number of hydrogen-bond donors (Lipinski definition) is 2. The summed E-state index contributed by atoms with van der Waals surface area (Å²) in [5.74, 6) is 0.600. The summed E-state index contributed by atoms with van der Waals surface area (Å²) in [6.45, 7) is 1.87. The van der Waals surface area contributed by atoms with E-state index in [9.17, 15) is 5.11 Å². The summed E-state index contributed by atoms with van der Waals surface area (Å²) in [6, 6.07) is 5.41. The van der Waals surface area contributed by atoms with E-state index >= 15 is 0 Å². The van der Waals surface area contributed by atoms with Crippen molar-refractivity contribution in [2.24, 2.45) is 0 Å². The van der Waals surface area contributed by atoms with Gasteiger partial charge in [-0.3, -0.25) is 0 Å². The van der Waals surface area contributed by atoms with Crippen molar-refractivity contribution in [3.63, 3.8) is 0 Å². The summed E-state index contributed by atoms with van der Waals surface area (Å²) >= 11 is 3.31. The van der Waals surface area contributed by atoms with Crippen molar-refractivity contribution < 1.29 is 14.9 Å². The molecule has 1 aromatic carbocycles. The van der Waals surface area contributed by atoms with Crippen molar-refractivity contribution in [3.8, 4) is 5.75 Å². The number of aliphatic hydroxyl groups is 2. The van der Waals surface area contributed by atoms with Gasteiger partial charge in [0, 0.05) is 10.0 Å². The molecule has 78 valence electrons. The second-order valence-electron chi connectivity index (χ2n) is 2.93. The minimum absolute atomic E-state index is 0.0359. The van der Waals surface area contributed by atoms with E-state index in [-0.39, 0.29) is 13.2 Å². The molecule has 0 spiro atoms. The molecule has 0 saturated heterocycles. The summed E-state index contributed by atoms with van der Waals surface area (Å²) in [6.07, 6.45) is -0.572. The molecule has 3 nitrogen and oxygen atoms in total. The molecule has 1 atom stereocenters. The fourth-order valence-corrected chi connectivity index (χ4v) is 1.47. The second kappa shape index (κ2) is 5.34. The van der Waals surface area contributed by atoms with E-state index in [2.05, 4.69) is 15.9 Å². The van der Waals surface area contributed by atoms with E-state index in [1.807, 2.05) is 6.07 Å². The Morgan fingerprint density at radius 2 is 2.21 bits per heavy atom. The third-order valence-electron chi connectivity index (χ3n) is 1.77. The predicted molar refractivity (Wildman–Crippen MR) is 57.4 cm³/mol. The van der Waals surface area contributed by atoms with Crippen LogP contribution < -0.4 is 4.74 Å². The highest BCUT2D eigenvalue weighted by atomic mass is 79.9. The second-order valence-corrected chi connectivity index (χ2v) is 3.85. The zero-order valence-electron chi connectivity index (χ0n) is 7.90. The van der Waals surface area contributed by atoms with Crippen LogP contribution in [0.25, 0.3) is 0 Å². The van der Waals surface area contributed by atoms with Gasteiger partial charge in [0.05, 0.1) is 12.7 Å². The van der Waals surface area contributed by atoms with Crippen LogP contribution in [0.1, 0.15) is 18.6 Å². The maximum atomic E-state index is 9.44. The van der Waals surface area contributed by atoms with Crippen LogP contribution in [0.15, 0.2) is 22.7 Å². The minimum atomic E-state index is -0.572. The molecule has 0 bridgehead atoms. The summed E-state index contributed by atoms with van der Waals surface area (Å²) in [5.41, 5.74) is 0.724. The predicted octanol–water partition coefficient (Wildman–Crippen LogP) is 1.87. The van der Waals surface area contributed by atoms with Crippen molar-refractivity contribution in [1.29, 1.82) is 0 Å². The van der Waals surface area contributed by atoms with Gasteiger partial charge in [0.15, 0.2) is 0 Å². The van der Waals surface area contributed by atoms with E-state index in [4.69, 9.17) is 9.84 Å². The van der Waals surface area contributed by atoms with Crippen molar-refractivity contribution in [3.05, 3.63) is 28.2 Å². The molecule has 0 saturated carbocycles. The van der Waals surface area contributed by atoms with Gasteiger partial charge in [-0.1, -0.05) is 22.0 Å². The van der Waals surface area contributed by atoms with E-state index < -0.39 is 6.10 Å². The molecule has 1 rings (SSSR count). The van der Waals surface area contributed by atoms with Crippen molar-refractivity contribution in [2.45, 2.75) is 13.0 Å². The third-order valence-corrected chi connectivity index (χ3v) is 2.27. The summed E-state index contributed by atoms with van der Waals surface area (Å²) < 4.78 is 6.17. The molecular formula is C10H13BrO3. The normalized spacial score (nSPS) is 12.6. The average molecular weight is 261 g/mol. The number of rotatable bonds is 4. The molecule has 0 radical (unpaired) electrons. The van der Waals surface area contributed by atoms with E-state index in [0.717, 1.165) is 10.0 Å². The molecule has 0 amide bonds. The van der Waals surface area contributed by atoms with Crippen LogP contribution in [-0.2, 0) is 0 Å². The highest BCUT2D eigenvalue weighted by Gasteiger charge is 2.09. The van der Waals surface area contributed by atoms with Crippen LogP contribution >= 0.6 is 15.9 Å². The van der Waals surface area contributed by atoms with Crippen molar-refractivity contribution >= 4 is 15.9 Å². The van der Waals surface area contributed by atoms with Gasteiger partial charge >= 0.3 is 0 Å². The molecule has 0 fully saturated rings. The standard InChI is InChI=1S/C10H13BrO3/c1-7(13)9-3-2-8(11)6-10(9)14-5-4-12/h2-3,6-7,12-13H,4-5H2,1H3. The van der Waals surface area contributed by atoms with E-state index in [0.29, 0.717) is 5.75 Å². The fourth-order valence-electron chi connectivity index (χ4n) is 1.13. The van der Waals surface area contributed by atoms with Crippen molar-refractivity contribution in [1.82, 2.24) is 0 Å². The Labute approximate surface area is 91.5 Å². The quantitative estimate of drug-likeness (QED) is 0.869. The van der Waals surface area contributed by atoms with Crippen molar-refractivity contribution in [2.75, 3.05) is 13.2 Å². The fraction of sp³-hybridized carbons (Fsp3) is 0.400. The lowest BCUT2D eigenvalue weighted by Crippen LogP contribution is -2.05. The number of hydrogen-bond acceptors (Lipinski definition) is 3. The largest absolute Gasteiger partial charge is 0.491 e. The summed E-state index contributed by atoms with van der Waals surface area (Å²) in [7, 11) is 0. The highest BCUT2D eigenvalue weighted by Crippen LogP contribution is 2.28. The van der Waals surface area contributed by atoms with E-state index in [1.165, 1.54) is 0 Å². The monoisotopic (exact) mass is 260 g/mol. The Balaban J connectivity index is 2.91. The Morgan fingerprint density at radius 3 is 2.79 bits per heavy atom. The molecule has 4 heteroatoms. The SMILES string of the molecule is CC(O)c1ccc(Br)cc1OCCO. The minimum Gasteiger partial charge on any atom is -0.491 e. The smallest absolute Gasteiger partial charge is 0.126 e. The molecule has 0 aliphatic carbocycles. The number of halogens is 1. The summed E-state index contributed by atoms with van der Waals surface area (Å²) in [5, 5.41) is 18.1. The maximum Gasteiger partial charge on any atom is 0.126 e. The highest BCUT2D eigenvalue weighted by molar-refractivity contribution is 9.10. The molecule has 14 heavy (non-hydrogen) atoms. The lowest BCUT2D eigenvalue weighted by Gasteiger charge is -2.12. The molecule has 0 heterocycles. The van der Waals surface area contributed by atoms with Crippen LogP contribution in [-0.4, -0.2) is 23.4 Å². The van der Waals surface area contributed by atoms with Crippen LogP contribution in [0.5, 0.6) is 5.75 Å². The zero-order chi connectivity index (χ0) is 10.6. The van der Waals surface area contributed by atoms with Crippen LogP contribution in [0, 0.1) is 0 Å². The molecule has 1 unspecified atom stereocenters. The third kappa shape index (κ3) is 2.97. The van der Waals surface area contributed by atoms with Crippen LogP contribution in [0.2, 0.25) is 0 Å². The molecular weight excluding hydrogens is 248 g/mol. The Hall–Kier alpha value is -0.580. The lowest BCUT2D eigenvalue weighted by molar-refractivity contribution is 0.177. The maximum absolute atomic E-state index is 9.44. The van der Waals surface area contributed by atoms with Gasteiger partial charge in [0.1, 0.15) is 12.4 Å². The molecule has 0 aliphatic rings.